The largest absolute Gasteiger partial charge is 0.497 e. The summed E-state index contributed by atoms with van der Waals surface area (Å²) in [5, 5.41) is 9.67. The minimum absolute atomic E-state index is 0.0249. The molecule has 2 aliphatic heterocycles. The van der Waals surface area contributed by atoms with E-state index in [0.717, 1.165) is 47.0 Å². The molecular formula is C28H32N4O5. The fraction of sp³-hybridized carbons (Fsp3) is 0.393. The van der Waals surface area contributed by atoms with Crippen LogP contribution in [-0.4, -0.2) is 64.0 Å². The van der Waals surface area contributed by atoms with E-state index in [9.17, 15) is 14.4 Å². The van der Waals surface area contributed by atoms with Gasteiger partial charge in [0.05, 0.1) is 19.7 Å². The summed E-state index contributed by atoms with van der Waals surface area (Å²) >= 11 is 0. The summed E-state index contributed by atoms with van der Waals surface area (Å²) in [4.78, 5) is 45.5. The van der Waals surface area contributed by atoms with Crippen LogP contribution in [0.4, 0.5) is 0 Å². The number of piperazine rings is 1. The molecule has 1 saturated heterocycles. The Kier molecular flexibility index (Phi) is 7.14. The van der Waals surface area contributed by atoms with Crippen molar-refractivity contribution in [3.63, 3.8) is 0 Å². The maximum absolute atomic E-state index is 13.7. The van der Waals surface area contributed by atoms with Crippen molar-refractivity contribution in [1.29, 1.82) is 0 Å². The Morgan fingerprint density at radius 1 is 1.11 bits per heavy atom. The van der Waals surface area contributed by atoms with E-state index in [1.165, 1.54) is 0 Å². The van der Waals surface area contributed by atoms with Crippen molar-refractivity contribution in [2.75, 3.05) is 20.2 Å². The van der Waals surface area contributed by atoms with Gasteiger partial charge in [0, 0.05) is 36.0 Å². The number of hydrogen-bond acceptors (Lipinski definition) is 5. The molecular weight excluding hydrogens is 472 g/mol. The summed E-state index contributed by atoms with van der Waals surface area (Å²) in [6.45, 7) is 0.559. The van der Waals surface area contributed by atoms with Gasteiger partial charge in [0.2, 0.25) is 17.7 Å². The zero-order chi connectivity index (χ0) is 25.9. The lowest BCUT2D eigenvalue weighted by molar-refractivity contribution is -0.158. The smallest absolute Gasteiger partial charge is 0.246 e. The van der Waals surface area contributed by atoms with Gasteiger partial charge in [0.1, 0.15) is 11.8 Å². The number of H-pyrrole nitrogens is 1. The summed E-state index contributed by atoms with van der Waals surface area (Å²) in [5.41, 5.74) is 5.56. The Hall–Kier alpha value is -3.85. The van der Waals surface area contributed by atoms with Gasteiger partial charge in [0.25, 0.3) is 0 Å². The number of benzene rings is 2. The van der Waals surface area contributed by atoms with Crippen molar-refractivity contribution in [3.05, 3.63) is 65.4 Å². The minimum Gasteiger partial charge on any atom is -0.497 e. The van der Waals surface area contributed by atoms with E-state index in [-0.39, 0.29) is 24.8 Å². The lowest BCUT2D eigenvalue weighted by Gasteiger charge is -2.47. The average Bonchev–Trinajstić information content (AvgIpc) is 3.30. The molecule has 3 amide bonds. The van der Waals surface area contributed by atoms with E-state index in [4.69, 9.17) is 9.94 Å². The Bertz CT molecular complexity index is 1320. The van der Waals surface area contributed by atoms with E-state index in [1.807, 2.05) is 42.5 Å². The molecule has 37 heavy (non-hydrogen) atoms. The van der Waals surface area contributed by atoms with Crippen LogP contribution in [0.25, 0.3) is 10.9 Å². The number of hydroxylamine groups is 1. The van der Waals surface area contributed by atoms with Gasteiger partial charge in [-0.2, -0.15) is 0 Å². The second-order valence-electron chi connectivity index (χ2n) is 9.72. The first-order valence-electron chi connectivity index (χ1n) is 12.8. The summed E-state index contributed by atoms with van der Waals surface area (Å²) in [6, 6.07) is 14.8. The molecule has 9 nitrogen and oxygen atoms in total. The Morgan fingerprint density at radius 3 is 2.73 bits per heavy atom. The second kappa shape index (κ2) is 10.6. The molecule has 0 bridgehead atoms. The summed E-state index contributed by atoms with van der Waals surface area (Å²) in [7, 11) is 1.62. The zero-order valence-corrected chi connectivity index (χ0v) is 20.9. The Labute approximate surface area is 215 Å². The monoisotopic (exact) mass is 504 g/mol. The molecule has 1 fully saturated rings. The molecule has 0 unspecified atom stereocenters. The van der Waals surface area contributed by atoms with Gasteiger partial charge in [-0.25, -0.2) is 5.48 Å². The van der Waals surface area contributed by atoms with Crippen LogP contribution in [0.2, 0.25) is 0 Å². The van der Waals surface area contributed by atoms with Gasteiger partial charge in [-0.3, -0.25) is 19.6 Å². The molecule has 0 spiro atoms. The first kappa shape index (κ1) is 24.8. The van der Waals surface area contributed by atoms with Gasteiger partial charge >= 0.3 is 0 Å². The maximum Gasteiger partial charge on any atom is 0.246 e. The van der Waals surface area contributed by atoms with Crippen LogP contribution in [0.5, 0.6) is 5.75 Å². The number of carbonyl (C=O) groups is 3. The highest BCUT2D eigenvalue weighted by Crippen LogP contribution is 2.43. The number of ether oxygens (including phenoxy) is 1. The van der Waals surface area contributed by atoms with Crippen LogP contribution in [0.1, 0.15) is 55.0 Å². The molecule has 5 rings (SSSR count). The maximum atomic E-state index is 13.7. The van der Waals surface area contributed by atoms with Crippen molar-refractivity contribution in [1.82, 2.24) is 20.3 Å². The third-order valence-corrected chi connectivity index (χ3v) is 7.46. The molecule has 194 valence electrons. The van der Waals surface area contributed by atoms with Gasteiger partial charge in [-0.1, -0.05) is 43.2 Å². The first-order valence-corrected chi connectivity index (χ1v) is 12.8. The fourth-order valence-electron chi connectivity index (χ4n) is 5.67. The highest BCUT2D eigenvalue weighted by molar-refractivity contribution is 5.97. The Balaban J connectivity index is 1.40. The number of carbonyl (C=O) groups excluding carboxylic acids is 3. The number of aromatic nitrogens is 1. The topological polar surface area (TPSA) is 115 Å². The number of amides is 3. The number of methoxy groups -OCH3 is 1. The van der Waals surface area contributed by atoms with Crippen molar-refractivity contribution in [2.24, 2.45) is 0 Å². The SMILES string of the molecule is COc1cccc([C@H]2c3[nH]c4ccccc4c3C[C@H]3C(=O)N(CCCCCCC(=O)NO)CC(=O)N23)c1. The number of unbranched alkanes of at least 4 members (excludes halogenated alkanes) is 3. The number of para-hydroxylation sites is 1. The molecule has 0 radical (unpaired) electrons. The molecule has 3 heterocycles. The molecule has 2 atom stereocenters. The normalized spacial score (nSPS) is 19.1. The van der Waals surface area contributed by atoms with Crippen molar-refractivity contribution < 1.29 is 24.3 Å². The third kappa shape index (κ3) is 4.79. The minimum atomic E-state index is -0.572. The third-order valence-electron chi connectivity index (χ3n) is 7.46. The van der Waals surface area contributed by atoms with E-state index >= 15 is 0 Å². The summed E-state index contributed by atoms with van der Waals surface area (Å²) < 4.78 is 5.46. The molecule has 3 N–H and O–H groups in total. The van der Waals surface area contributed by atoms with E-state index < -0.39 is 18.0 Å². The number of rotatable bonds is 9. The van der Waals surface area contributed by atoms with Crippen LogP contribution in [0, 0.1) is 0 Å². The van der Waals surface area contributed by atoms with Crippen LogP contribution < -0.4 is 10.2 Å². The van der Waals surface area contributed by atoms with Crippen molar-refractivity contribution >= 4 is 28.6 Å². The molecule has 1 aromatic heterocycles. The average molecular weight is 505 g/mol. The summed E-state index contributed by atoms with van der Waals surface area (Å²) in [6.07, 6.45) is 3.81. The molecule has 3 aromatic rings. The predicted octanol–water partition coefficient (Wildman–Crippen LogP) is 3.32. The molecule has 0 saturated carbocycles. The first-order chi connectivity index (χ1) is 18.0. The van der Waals surface area contributed by atoms with Gasteiger partial charge in [0.15, 0.2) is 0 Å². The van der Waals surface area contributed by atoms with E-state index in [0.29, 0.717) is 25.1 Å². The number of nitrogens with one attached hydrogen (secondary N) is 2. The van der Waals surface area contributed by atoms with Gasteiger partial charge in [-0.15, -0.1) is 0 Å². The van der Waals surface area contributed by atoms with E-state index in [2.05, 4.69) is 11.1 Å². The number of nitrogens with zero attached hydrogens (tertiary/aromatic N) is 2. The van der Waals surface area contributed by atoms with E-state index in [1.54, 1.807) is 22.4 Å². The lowest BCUT2D eigenvalue weighted by atomic mass is 9.86. The van der Waals surface area contributed by atoms with Gasteiger partial charge < -0.3 is 19.5 Å². The molecule has 2 aromatic carbocycles. The van der Waals surface area contributed by atoms with Crippen molar-refractivity contribution in [2.45, 2.75) is 50.6 Å². The Morgan fingerprint density at radius 2 is 1.92 bits per heavy atom. The van der Waals surface area contributed by atoms with Crippen LogP contribution in [0.15, 0.2) is 48.5 Å². The standard InChI is InChI=1S/C28H32N4O5/c1-37-19-10-8-9-18(15-19)27-26-21(20-11-5-6-12-22(20)29-26)16-23-28(35)31(17-25(34)32(23)27)14-7-3-2-4-13-24(33)30-36/h5-6,8-12,15,23,27,29,36H,2-4,7,13-14,16-17H2,1H3,(H,30,33)/t23-,27-/m0/s1. The summed E-state index contributed by atoms with van der Waals surface area (Å²) in [5.74, 6) is 0.215. The predicted molar refractivity (Wildman–Crippen MR) is 137 cm³/mol. The quantitative estimate of drug-likeness (QED) is 0.235. The second-order valence-corrected chi connectivity index (χ2v) is 9.72. The lowest BCUT2D eigenvalue weighted by Crippen LogP contribution is -2.63. The van der Waals surface area contributed by atoms with Gasteiger partial charge in [-0.05, 0) is 42.2 Å². The van der Waals surface area contributed by atoms with Crippen LogP contribution >= 0.6 is 0 Å². The van der Waals surface area contributed by atoms with Crippen LogP contribution in [0.3, 0.4) is 0 Å². The highest BCUT2D eigenvalue weighted by atomic mass is 16.5. The van der Waals surface area contributed by atoms with Crippen LogP contribution in [-0.2, 0) is 20.8 Å². The molecule has 2 aliphatic rings. The highest BCUT2D eigenvalue weighted by Gasteiger charge is 2.48. The molecule has 0 aliphatic carbocycles. The number of fused-ring (bicyclic) bond motifs is 4. The number of aromatic amines is 1. The molecule has 9 heteroatoms. The van der Waals surface area contributed by atoms with Crippen molar-refractivity contribution in [3.8, 4) is 5.75 Å². The fourth-order valence-corrected chi connectivity index (χ4v) is 5.67. The zero-order valence-electron chi connectivity index (χ0n) is 20.9. The number of hydrogen-bond donors (Lipinski definition) is 3.